The van der Waals surface area contributed by atoms with Crippen LogP contribution in [0.1, 0.15) is 17.5 Å². The number of carbonyl (C=O) groups is 3. The van der Waals surface area contributed by atoms with Crippen molar-refractivity contribution in [2.24, 2.45) is 5.73 Å². The van der Waals surface area contributed by atoms with Crippen LogP contribution < -0.4 is 16.4 Å². The van der Waals surface area contributed by atoms with Gasteiger partial charge in [0.2, 0.25) is 11.8 Å². The van der Waals surface area contributed by atoms with Gasteiger partial charge in [-0.1, -0.05) is 60.7 Å². The van der Waals surface area contributed by atoms with Crippen molar-refractivity contribution in [2.75, 3.05) is 12.0 Å². The molecular formula is C22H27N3O4S. The summed E-state index contributed by atoms with van der Waals surface area (Å²) in [6, 6.07) is 16.8. The van der Waals surface area contributed by atoms with Crippen molar-refractivity contribution in [3.05, 3.63) is 71.8 Å². The lowest BCUT2D eigenvalue weighted by Gasteiger charge is -2.21. The highest BCUT2D eigenvalue weighted by Crippen LogP contribution is 2.07. The van der Waals surface area contributed by atoms with Gasteiger partial charge in [0.15, 0.2) is 0 Å². The average Bonchev–Trinajstić information content (AvgIpc) is 2.76. The van der Waals surface area contributed by atoms with Crippen molar-refractivity contribution in [1.82, 2.24) is 10.6 Å². The van der Waals surface area contributed by atoms with E-state index in [1.54, 1.807) is 11.8 Å². The highest BCUT2D eigenvalue weighted by atomic mass is 32.2. The lowest BCUT2D eigenvalue weighted by Crippen LogP contribution is -2.53. The molecule has 0 aliphatic heterocycles. The van der Waals surface area contributed by atoms with Crippen molar-refractivity contribution >= 4 is 29.7 Å². The molecule has 0 aromatic heterocycles. The summed E-state index contributed by atoms with van der Waals surface area (Å²) in [5.74, 6) is -0.459. The molecule has 4 N–H and O–H groups in total. The number of hydrogen-bond donors (Lipinski definition) is 3. The van der Waals surface area contributed by atoms with Crippen LogP contribution in [0, 0.1) is 0 Å². The van der Waals surface area contributed by atoms with Crippen LogP contribution in [0.3, 0.4) is 0 Å². The quantitative estimate of drug-likeness (QED) is 0.507. The Balaban J connectivity index is 1.96. The summed E-state index contributed by atoms with van der Waals surface area (Å²) >= 11 is 1.55. The summed E-state index contributed by atoms with van der Waals surface area (Å²) in [7, 11) is 0. The predicted octanol–water partition coefficient (Wildman–Crippen LogP) is 2.25. The van der Waals surface area contributed by atoms with Crippen molar-refractivity contribution in [3.63, 3.8) is 0 Å². The fourth-order valence-electron chi connectivity index (χ4n) is 2.76. The third-order valence-electron chi connectivity index (χ3n) is 4.37. The smallest absolute Gasteiger partial charge is 0.408 e. The van der Waals surface area contributed by atoms with Crippen LogP contribution in [0.2, 0.25) is 0 Å². The van der Waals surface area contributed by atoms with E-state index in [4.69, 9.17) is 10.5 Å². The Morgan fingerprint density at radius 2 is 1.53 bits per heavy atom. The molecule has 0 spiro atoms. The van der Waals surface area contributed by atoms with Crippen LogP contribution in [0.5, 0.6) is 0 Å². The Morgan fingerprint density at radius 1 is 0.933 bits per heavy atom. The number of hydrogen-bond acceptors (Lipinski definition) is 5. The number of benzene rings is 2. The van der Waals surface area contributed by atoms with Crippen molar-refractivity contribution in [3.8, 4) is 0 Å². The summed E-state index contributed by atoms with van der Waals surface area (Å²) in [5, 5.41) is 5.25. The number of carbonyl (C=O) groups excluding carboxylic acids is 3. The molecule has 2 rings (SSSR count). The molecule has 0 saturated carbocycles. The SMILES string of the molecule is CSCC[C@H](NC(=O)OCc1ccccc1)C(=O)NC(Cc1ccccc1)C(N)=O. The van der Waals surface area contributed by atoms with E-state index in [9.17, 15) is 14.4 Å². The zero-order valence-corrected chi connectivity index (χ0v) is 17.7. The summed E-state index contributed by atoms with van der Waals surface area (Å²) < 4.78 is 5.21. The maximum absolute atomic E-state index is 12.8. The van der Waals surface area contributed by atoms with E-state index in [1.807, 2.05) is 66.9 Å². The Kier molecular flexibility index (Phi) is 9.73. The number of ether oxygens (including phenoxy) is 1. The lowest BCUT2D eigenvalue weighted by molar-refractivity contribution is -0.128. The molecule has 0 bridgehead atoms. The predicted molar refractivity (Wildman–Crippen MR) is 118 cm³/mol. The lowest BCUT2D eigenvalue weighted by atomic mass is 10.0. The summed E-state index contributed by atoms with van der Waals surface area (Å²) in [4.78, 5) is 36.8. The van der Waals surface area contributed by atoms with Crippen LogP contribution in [-0.2, 0) is 27.4 Å². The number of primary amides is 1. The molecule has 1 unspecified atom stereocenters. The molecule has 0 heterocycles. The normalized spacial score (nSPS) is 12.4. The maximum atomic E-state index is 12.8. The first-order valence-electron chi connectivity index (χ1n) is 9.59. The summed E-state index contributed by atoms with van der Waals surface area (Å²) in [6.45, 7) is 0.0987. The van der Waals surface area contributed by atoms with Gasteiger partial charge < -0.3 is 21.1 Å². The fourth-order valence-corrected chi connectivity index (χ4v) is 3.23. The third-order valence-corrected chi connectivity index (χ3v) is 5.02. The molecule has 0 radical (unpaired) electrons. The molecule has 0 fully saturated rings. The van der Waals surface area contributed by atoms with Crippen LogP contribution >= 0.6 is 11.8 Å². The van der Waals surface area contributed by atoms with Gasteiger partial charge in [-0.25, -0.2) is 4.79 Å². The highest BCUT2D eigenvalue weighted by Gasteiger charge is 2.26. The van der Waals surface area contributed by atoms with Crippen LogP contribution in [0.4, 0.5) is 4.79 Å². The van der Waals surface area contributed by atoms with Gasteiger partial charge in [-0.2, -0.15) is 11.8 Å². The van der Waals surface area contributed by atoms with Gasteiger partial charge in [-0.3, -0.25) is 9.59 Å². The second kappa shape index (κ2) is 12.5. The zero-order chi connectivity index (χ0) is 21.8. The molecule has 2 aromatic carbocycles. The molecule has 7 nitrogen and oxygen atoms in total. The molecule has 160 valence electrons. The van der Waals surface area contributed by atoms with Gasteiger partial charge in [0.05, 0.1) is 0 Å². The first-order chi connectivity index (χ1) is 14.5. The Hall–Kier alpha value is -3.00. The van der Waals surface area contributed by atoms with Gasteiger partial charge in [0, 0.05) is 6.42 Å². The minimum atomic E-state index is -0.876. The van der Waals surface area contributed by atoms with E-state index >= 15 is 0 Å². The van der Waals surface area contributed by atoms with Gasteiger partial charge >= 0.3 is 6.09 Å². The number of amides is 3. The van der Waals surface area contributed by atoms with Gasteiger partial charge in [-0.15, -0.1) is 0 Å². The minimum Gasteiger partial charge on any atom is -0.445 e. The first-order valence-corrected chi connectivity index (χ1v) is 11.0. The molecule has 0 aliphatic carbocycles. The topological polar surface area (TPSA) is 111 Å². The largest absolute Gasteiger partial charge is 0.445 e. The number of nitrogens with one attached hydrogen (secondary N) is 2. The first kappa shape index (κ1) is 23.3. The molecule has 3 amide bonds. The van der Waals surface area contributed by atoms with E-state index in [-0.39, 0.29) is 13.0 Å². The van der Waals surface area contributed by atoms with Crippen molar-refractivity contribution in [2.45, 2.75) is 31.5 Å². The van der Waals surface area contributed by atoms with Crippen LogP contribution in [-0.4, -0.2) is 42.0 Å². The average molecular weight is 430 g/mol. The molecule has 8 heteroatoms. The van der Waals surface area contributed by atoms with Gasteiger partial charge in [-0.05, 0) is 29.6 Å². The fraction of sp³-hybridized carbons (Fsp3) is 0.318. The standard InChI is InChI=1S/C22H27N3O4S/c1-30-13-12-18(25-22(28)29-15-17-10-6-3-7-11-17)21(27)24-19(20(23)26)14-16-8-4-2-5-9-16/h2-11,18-19H,12-15H2,1H3,(H2,23,26)(H,24,27)(H,25,28)/t18-,19?/m0/s1. The second-order valence-electron chi connectivity index (χ2n) is 6.69. The Morgan fingerprint density at radius 3 is 2.10 bits per heavy atom. The number of rotatable bonds is 11. The number of nitrogens with two attached hydrogens (primary N) is 1. The molecule has 30 heavy (non-hydrogen) atoms. The minimum absolute atomic E-state index is 0.0987. The van der Waals surface area contributed by atoms with Crippen molar-refractivity contribution < 1.29 is 19.1 Å². The molecule has 0 aliphatic rings. The van der Waals surface area contributed by atoms with Gasteiger partial charge in [0.25, 0.3) is 0 Å². The Bertz CT molecular complexity index is 818. The number of alkyl carbamates (subject to hydrolysis) is 1. The summed E-state index contributed by atoms with van der Waals surface area (Å²) in [6.07, 6.45) is 1.88. The summed E-state index contributed by atoms with van der Waals surface area (Å²) in [5.41, 5.74) is 7.19. The van der Waals surface area contributed by atoms with E-state index in [2.05, 4.69) is 10.6 Å². The van der Waals surface area contributed by atoms with Gasteiger partial charge in [0.1, 0.15) is 18.7 Å². The van der Waals surface area contributed by atoms with E-state index in [0.29, 0.717) is 12.2 Å². The second-order valence-corrected chi connectivity index (χ2v) is 7.68. The maximum Gasteiger partial charge on any atom is 0.408 e. The monoisotopic (exact) mass is 429 g/mol. The van der Waals surface area contributed by atoms with Crippen molar-refractivity contribution in [1.29, 1.82) is 0 Å². The Labute approximate surface area is 180 Å². The van der Waals surface area contributed by atoms with E-state index in [0.717, 1.165) is 11.1 Å². The molecule has 2 aromatic rings. The van der Waals surface area contributed by atoms with Crippen LogP contribution in [0.15, 0.2) is 60.7 Å². The highest BCUT2D eigenvalue weighted by molar-refractivity contribution is 7.98. The zero-order valence-electron chi connectivity index (χ0n) is 16.9. The van der Waals surface area contributed by atoms with E-state index < -0.39 is 30.0 Å². The van der Waals surface area contributed by atoms with Crippen LogP contribution in [0.25, 0.3) is 0 Å². The molecular weight excluding hydrogens is 402 g/mol. The molecule has 0 saturated heterocycles. The third kappa shape index (κ3) is 8.16. The molecule has 2 atom stereocenters. The van der Waals surface area contributed by atoms with E-state index in [1.165, 1.54) is 0 Å². The number of thioether (sulfide) groups is 1.